The molecule has 0 amide bonds. The molecule has 2 fully saturated rings. The number of nitrogens with one attached hydrogen (secondary N) is 2. The summed E-state index contributed by atoms with van der Waals surface area (Å²) in [5, 5.41) is 13.6. The Morgan fingerprint density at radius 2 is 2.00 bits per heavy atom. The Balaban J connectivity index is 1.47. The SMILES string of the molecule is c1ccc2c(-c3ccc(N4C[C@@H]5CN[C@@H]5C4)nn3)c[nH]c2c1. The van der Waals surface area contributed by atoms with Crippen molar-refractivity contribution in [2.24, 2.45) is 5.92 Å². The number of aromatic amines is 1. The van der Waals surface area contributed by atoms with Crippen LogP contribution in [0.15, 0.2) is 42.6 Å². The normalized spacial score (nSPS) is 23.5. The molecule has 22 heavy (non-hydrogen) atoms. The topological polar surface area (TPSA) is 56.8 Å². The molecule has 5 nitrogen and oxygen atoms in total. The maximum atomic E-state index is 4.45. The van der Waals surface area contributed by atoms with Crippen molar-refractivity contribution in [1.82, 2.24) is 20.5 Å². The number of para-hydroxylation sites is 1. The summed E-state index contributed by atoms with van der Waals surface area (Å²) < 4.78 is 0. The molecule has 5 rings (SSSR count). The summed E-state index contributed by atoms with van der Waals surface area (Å²) in [6.07, 6.45) is 2.01. The molecule has 3 aromatic rings. The Labute approximate surface area is 128 Å². The van der Waals surface area contributed by atoms with E-state index in [4.69, 9.17) is 0 Å². The van der Waals surface area contributed by atoms with Gasteiger partial charge in [-0.25, -0.2) is 0 Å². The van der Waals surface area contributed by atoms with Crippen LogP contribution in [0, 0.1) is 5.92 Å². The average Bonchev–Trinajstić information content (AvgIpc) is 3.10. The van der Waals surface area contributed by atoms with Crippen LogP contribution in [0.1, 0.15) is 0 Å². The highest BCUT2D eigenvalue weighted by Gasteiger charge is 2.39. The van der Waals surface area contributed by atoms with Crippen molar-refractivity contribution in [1.29, 1.82) is 0 Å². The first-order chi connectivity index (χ1) is 10.9. The number of hydrogen-bond acceptors (Lipinski definition) is 4. The largest absolute Gasteiger partial charge is 0.360 e. The Kier molecular flexibility index (Phi) is 2.52. The predicted molar refractivity (Wildman–Crippen MR) is 86.8 cm³/mol. The summed E-state index contributed by atoms with van der Waals surface area (Å²) >= 11 is 0. The lowest BCUT2D eigenvalue weighted by Gasteiger charge is -2.29. The Bertz CT molecular complexity index is 810. The Morgan fingerprint density at radius 3 is 2.73 bits per heavy atom. The fourth-order valence-corrected chi connectivity index (χ4v) is 3.56. The molecule has 0 bridgehead atoms. The number of hydrogen-bond donors (Lipinski definition) is 2. The smallest absolute Gasteiger partial charge is 0.151 e. The Morgan fingerprint density at radius 1 is 1.05 bits per heavy atom. The first-order valence-electron chi connectivity index (χ1n) is 7.77. The van der Waals surface area contributed by atoms with E-state index in [1.54, 1.807) is 0 Å². The summed E-state index contributed by atoms with van der Waals surface area (Å²) in [4.78, 5) is 5.62. The zero-order valence-corrected chi connectivity index (χ0v) is 12.2. The van der Waals surface area contributed by atoms with Gasteiger partial charge >= 0.3 is 0 Å². The van der Waals surface area contributed by atoms with Crippen LogP contribution in [0.2, 0.25) is 0 Å². The molecular formula is C17H17N5. The van der Waals surface area contributed by atoms with Gasteiger partial charge < -0.3 is 15.2 Å². The van der Waals surface area contributed by atoms with Crippen molar-refractivity contribution in [3.63, 3.8) is 0 Å². The molecule has 2 aliphatic heterocycles. The zero-order chi connectivity index (χ0) is 14.5. The van der Waals surface area contributed by atoms with Crippen molar-refractivity contribution >= 4 is 16.7 Å². The minimum Gasteiger partial charge on any atom is -0.360 e. The number of anilines is 1. The van der Waals surface area contributed by atoms with Crippen molar-refractivity contribution in [3.8, 4) is 11.3 Å². The van der Waals surface area contributed by atoms with Crippen LogP contribution in [0.4, 0.5) is 5.82 Å². The van der Waals surface area contributed by atoms with Gasteiger partial charge in [0.1, 0.15) is 0 Å². The van der Waals surface area contributed by atoms with E-state index in [0.717, 1.165) is 48.1 Å². The lowest BCUT2D eigenvalue weighted by molar-refractivity contribution is 0.297. The molecule has 1 aromatic carbocycles. The van der Waals surface area contributed by atoms with E-state index in [0.29, 0.717) is 6.04 Å². The van der Waals surface area contributed by atoms with Gasteiger partial charge in [0, 0.05) is 54.3 Å². The van der Waals surface area contributed by atoms with Gasteiger partial charge in [-0.3, -0.25) is 0 Å². The summed E-state index contributed by atoms with van der Waals surface area (Å²) in [5.74, 6) is 1.77. The average molecular weight is 291 g/mol. The first-order valence-corrected chi connectivity index (χ1v) is 7.77. The first kappa shape index (κ1) is 12.2. The van der Waals surface area contributed by atoms with Gasteiger partial charge in [0.2, 0.25) is 0 Å². The van der Waals surface area contributed by atoms with E-state index >= 15 is 0 Å². The lowest BCUT2D eigenvalue weighted by Crippen LogP contribution is -2.51. The van der Waals surface area contributed by atoms with E-state index in [2.05, 4.69) is 55.7 Å². The fourth-order valence-electron chi connectivity index (χ4n) is 3.56. The van der Waals surface area contributed by atoms with E-state index in [1.165, 1.54) is 5.39 Å². The van der Waals surface area contributed by atoms with E-state index in [-0.39, 0.29) is 0 Å². The maximum Gasteiger partial charge on any atom is 0.151 e. The van der Waals surface area contributed by atoms with Crippen LogP contribution < -0.4 is 10.2 Å². The van der Waals surface area contributed by atoms with Crippen LogP contribution in [-0.4, -0.2) is 40.9 Å². The van der Waals surface area contributed by atoms with Gasteiger partial charge in [-0.2, -0.15) is 0 Å². The molecule has 0 spiro atoms. The number of aromatic nitrogens is 3. The van der Waals surface area contributed by atoms with Crippen LogP contribution in [0.25, 0.3) is 22.2 Å². The maximum absolute atomic E-state index is 4.45. The standard InChI is InChI=1S/C17H17N5/c1-2-4-14-12(3-1)13(8-19-14)15-5-6-17(21-20-15)22-9-11-7-18-16(11)10-22/h1-6,8,11,16,18-19H,7,9-10H2/t11-,16+/m0/s1. The van der Waals surface area contributed by atoms with E-state index in [9.17, 15) is 0 Å². The van der Waals surface area contributed by atoms with Crippen molar-refractivity contribution in [2.45, 2.75) is 6.04 Å². The molecule has 0 radical (unpaired) electrons. The number of benzene rings is 1. The second-order valence-electron chi connectivity index (χ2n) is 6.20. The van der Waals surface area contributed by atoms with Crippen LogP contribution >= 0.6 is 0 Å². The quantitative estimate of drug-likeness (QED) is 0.758. The number of nitrogens with zero attached hydrogens (tertiary/aromatic N) is 3. The third kappa shape index (κ3) is 1.75. The summed E-state index contributed by atoms with van der Waals surface area (Å²) in [6.45, 7) is 3.28. The third-order valence-corrected chi connectivity index (χ3v) is 4.92. The van der Waals surface area contributed by atoms with Crippen molar-refractivity contribution in [2.75, 3.05) is 24.5 Å². The molecule has 110 valence electrons. The highest BCUT2D eigenvalue weighted by molar-refractivity contribution is 5.94. The van der Waals surface area contributed by atoms with Gasteiger partial charge in [-0.05, 0) is 18.2 Å². The fraction of sp³-hybridized carbons (Fsp3) is 0.294. The summed E-state index contributed by atoms with van der Waals surface area (Å²) in [5.41, 5.74) is 3.16. The Hall–Kier alpha value is -2.40. The summed E-state index contributed by atoms with van der Waals surface area (Å²) in [7, 11) is 0. The minimum absolute atomic E-state index is 0.648. The number of rotatable bonds is 2. The lowest BCUT2D eigenvalue weighted by atomic mass is 9.96. The van der Waals surface area contributed by atoms with Gasteiger partial charge in [0.05, 0.1) is 5.69 Å². The summed E-state index contributed by atoms with van der Waals surface area (Å²) in [6, 6.07) is 13.1. The second-order valence-corrected chi connectivity index (χ2v) is 6.20. The molecule has 2 N–H and O–H groups in total. The van der Waals surface area contributed by atoms with E-state index in [1.807, 2.05) is 12.3 Å². The monoisotopic (exact) mass is 291 g/mol. The molecule has 5 heteroatoms. The van der Waals surface area contributed by atoms with Crippen molar-refractivity contribution < 1.29 is 0 Å². The molecule has 4 heterocycles. The van der Waals surface area contributed by atoms with E-state index < -0.39 is 0 Å². The van der Waals surface area contributed by atoms with Gasteiger partial charge in [-0.1, -0.05) is 18.2 Å². The molecule has 0 saturated carbocycles. The van der Waals surface area contributed by atoms with Crippen molar-refractivity contribution in [3.05, 3.63) is 42.6 Å². The van der Waals surface area contributed by atoms with Gasteiger partial charge in [0.25, 0.3) is 0 Å². The zero-order valence-electron chi connectivity index (χ0n) is 12.2. The molecule has 0 unspecified atom stereocenters. The molecule has 2 atom stereocenters. The number of H-pyrrole nitrogens is 1. The minimum atomic E-state index is 0.648. The highest BCUT2D eigenvalue weighted by atomic mass is 15.3. The third-order valence-electron chi connectivity index (χ3n) is 4.92. The molecule has 2 aromatic heterocycles. The van der Waals surface area contributed by atoms with Gasteiger partial charge in [-0.15, -0.1) is 10.2 Å². The molecular weight excluding hydrogens is 274 g/mol. The number of fused-ring (bicyclic) bond motifs is 2. The van der Waals surface area contributed by atoms with Crippen LogP contribution in [0.5, 0.6) is 0 Å². The molecule has 2 saturated heterocycles. The van der Waals surface area contributed by atoms with Crippen LogP contribution in [-0.2, 0) is 0 Å². The molecule has 0 aliphatic carbocycles. The second kappa shape index (κ2) is 4.55. The highest BCUT2D eigenvalue weighted by Crippen LogP contribution is 2.29. The molecule has 2 aliphatic rings. The van der Waals surface area contributed by atoms with Gasteiger partial charge in [0.15, 0.2) is 5.82 Å². The predicted octanol–water partition coefficient (Wildman–Crippen LogP) is 2.03. The van der Waals surface area contributed by atoms with Crippen LogP contribution in [0.3, 0.4) is 0 Å².